The largest absolute Gasteiger partial charge is 0.343 e. The number of sulfone groups is 1. The van der Waals surface area contributed by atoms with Crippen LogP contribution in [0.4, 0.5) is 16.2 Å². The Balaban J connectivity index is 2.04. The predicted octanol–water partition coefficient (Wildman–Crippen LogP) is 2.90. The van der Waals surface area contributed by atoms with Crippen molar-refractivity contribution in [2.75, 3.05) is 16.1 Å². The van der Waals surface area contributed by atoms with E-state index >= 15 is 0 Å². The maximum absolute atomic E-state index is 12.6. The van der Waals surface area contributed by atoms with Crippen LogP contribution in [0.2, 0.25) is 10.0 Å². The molecule has 2 aromatic rings. The monoisotopic (exact) mass is 412 g/mol. The Kier molecular flexibility index (Phi) is 4.51. The lowest BCUT2D eigenvalue weighted by molar-refractivity contribution is -0.133. The molecule has 7 nitrogen and oxygen atoms in total. The summed E-state index contributed by atoms with van der Waals surface area (Å²) in [6, 6.07) is 8.38. The summed E-state index contributed by atoms with van der Waals surface area (Å²) in [6.45, 7) is 0. The fraction of sp³-hybridized carbons (Fsp3) is 0.0625. The van der Waals surface area contributed by atoms with Crippen LogP contribution in [0.1, 0.15) is 0 Å². The smallest absolute Gasteiger partial charge is 0.262 e. The number of hydrogen-bond donors (Lipinski definition) is 0. The summed E-state index contributed by atoms with van der Waals surface area (Å²) in [5, 5.41) is 0.246. The molecule has 0 saturated carbocycles. The molecule has 0 atom stereocenters. The molecule has 0 radical (unpaired) electrons. The maximum Gasteiger partial charge on any atom is 0.343 e. The lowest BCUT2D eigenvalue weighted by Crippen LogP contribution is -2.33. The summed E-state index contributed by atoms with van der Waals surface area (Å²) in [7, 11) is -3.52. The summed E-state index contributed by atoms with van der Waals surface area (Å²) in [5.41, 5.74) is 0.0861. The van der Waals surface area contributed by atoms with Crippen LogP contribution in [0.3, 0.4) is 0 Å². The molecule has 1 aliphatic rings. The SMILES string of the molecule is CS(=O)(=O)c1ccc(N2C(=O)C(=O)N(c3ccc(Cl)cc3)C2=O)c(Cl)c1. The molecule has 1 aliphatic heterocycles. The zero-order valence-electron chi connectivity index (χ0n) is 13.1. The minimum absolute atomic E-state index is 0.0776. The van der Waals surface area contributed by atoms with E-state index in [1.54, 1.807) is 0 Å². The molecule has 4 amide bonds. The van der Waals surface area contributed by atoms with Crippen molar-refractivity contribution in [1.29, 1.82) is 0 Å². The number of hydrogen-bond acceptors (Lipinski definition) is 5. The molecule has 0 N–H and O–H groups in total. The second-order valence-corrected chi connectivity index (χ2v) is 8.28. The van der Waals surface area contributed by atoms with Gasteiger partial charge in [-0.2, -0.15) is 0 Å². The third-order valence-electron chi connectivity index (χ3n) is 3.64. The van der Waals surface area contributed by atoms with Crippen LogP contribution in [0.15, 0.2) is 47.4 Å². The van der Waals surface area contributed by atoms with Crippen LogP contribution in [-0.4, -0.2) is 32.5 Å². The van der Waals surface area contributed by atoms with E-state index in [-0.39, 0.29) is 21.3 Å². The Morgan fingerprint density at radius 1 is 0.846 bits per heavy atom. The van der Waals surface area contributed by atoms with Gasteiger partial charge in [0.25, 0.3) is 0 Å². The van der Waals surface area contributed by atoms with Crippen LogP contribution in [0.25, 0.3) is 0 Å². The number of rotatable bonds is 3. The molecule has 0 aromatic heterocycles. The zero-order chi connectivity index (χ0) is 19.2. The van der Waals surface area contributed by atoms with Gasteiger partial charge in [-0.3, -0.25) is 9.59 Å². The summed E-state index contributed by atoms with van der Waals surface area (Å²) in [4.78, 5) is 38.4. The van der Waals surface area contributed by atoms with Gasteiger partial charge in [0.1, 0.15) is 0 Å². The van der Waals surface area contributed by atoms with Crippen LogP contribution in [-0.2, 0) is 19.4 Å². The molecule has 3 rings (SSSR count). The Morgan fingerprint density at radius 3 is 1.96 bits per heavy atom. The number of carbonyl (C=O) groups is 3. The highest BCUT2D eigenvalue weighted by Gasteiger charge is 2.47. The molecule has 1 heterocycles. The highest BCUT2D eigenvalue weighted by atomic mass is 35.5. The fourth-order valence-corrected chi connectivity index (χ4v) is 3.50. The average molecular weight is 413 g/mol. The van der Waals surface area contributed by atoms with E-state index in [0.717, 1.165) is 12.3 Å². The van der Waals surface area contributed by atoms with Gasteiger partial charge >= 0.3 is 17.8 Å². The quantitative estimate of drug-likeness (QED) is 0.570. The summed E-state index contributed by atoms with van der Waals surface area (Å²) < 4.78 is 23.2. The molecule has 0 spiro atoms. The normalized spacial score (nSPS) is 15.1. The van der Waals surface area contributed by atoms with Crippen LogP contribution in [0.5, 0.6) is 0 Å². The predicted molar refractivity (Wildman–Crippen MR) is 96.4 cm³/mol. The molecule has 134 valence electrons. The second-order valence-electron chi connectivity index (χ2n) is 5.43. The molecule has 0 bridgehead atoms. The lowest BCUT2D eigenvalue weighted by Gasteiger charge is -2.17. The van der Waals surface area contributed by atoms with Crippen molar-refractivity contribution in [3.63, 3.8) is 0 Å². The van der Waals surface area contributed by atoms with Gasteiger partial charge in [-0.25, -0.2) is 23.0 Å². The van der Waals surface area contributed by atoms with Crippen molar-refractivity contribution >= 4 is 62.3 Å². The number of anilines is 2. The highest BCUT2D eigenvalue weighted by Crippen LogP contribution is 2.33. The van der Waals surface area contributed by atoms with Gasteiger partial charge in [0.15, 0.2) is 9.84 Å². The molecular formula is C16H10Cl2N2O5S. The van der Waals surface area contributed by atoms with Crippen molar-refractivity contribution in [2.45, 2.75) is 4.90 Å². The third-order valence-corrected chi connectivity index (χ3v) is 5.31. The van der Waals surface area contributed by atoms with Crippen molar-refractivity contribution < 1.29 is 22.8 Å². The van der Waals surface area contributed by atoms with Gasteiger partial charge in [0.2, 0.25) is 0 Å². The van der Waals surface area contributed by atoms with Crippen LogP contribution >= 0.6 is 23.2 Å². The van der Waals surface area contributed by atoms with E-state index in [1.807, 2.05) is 0 Å². The number of benzene rings is 2. The Morgan fingerprint density at radius 2 is 1.42 bits per heavy atom. The van der Waals surface area contributed by atoms with E-state index in [1.165, 1.54) is 36.4 Å². The highest BCUT2D eigenvalue weighted by molar-refractivity contribution is 7.90. The lowest BCUT2D eigenvalue weighted by atomic mass is 10.3. The standard InChI is InChI=1S/C16H10Cl2N2O5S/c1-26(24,25)11-6-7-13(12(18)8-11)20-15(22)14(21)19(16(20)23)10-4-2-9(17)3-5-10/h2-8H,1H3. The molecule has 10 heteroatoms. The van der Waals surface area contributed by atoms with Crippen molar-refractivity contribution in [3.05, 3.63) is 52.5 Å². The summed E-state index contributed by atoms with van der Waals surface area (Å²) >= 11 is 11.8. The van der Waals surface area contributed by atoms with Gasteiger partial charge in [0, 0.05) is 11.3 Å². The Bertz CT molecular complexity index is 1050. The third kappa shape index (κ3) is 3.07. The molecule has 26 heavy (non-hydrogen) atoms. The van der Waals surface area contributed by atoms with Crippen molar-refractivity contribution in [3.8, 4) is 0 Å². The first-order valence-corrected chi connectivity index (χ1v) is 9.73. The number of halogens is 2. The van der Waals surface area contributed by atoms with E-state index < -0.39 is 27.7 Å². The van der Waals surface area contributed by atoms with Gasteiger partial charge in [-0.05, 0) is 42.5 Å². The van der Waals surface area contributed by atoms with Crippen LogP contribution in [0, 0.1) is 0 Å². The van der Waals surface area contributed by atoms with Crippen molar-refractivity contribution in [1.82, 2.24) is 0 Å². The molecule has 0 unspecified atom stereocenters. The first-order chi connectivity index (χ1) is 12.1. The van der Waals surface area contributed by atoms with Crippen molar-refractivity contribution in [2.24, 2.45) is 0 Å². The Labute approximate surface area is 158 Å². The van der Waals surface area contributed by atoms with Gasteiger partial charge in [-0.15, -0.1) is 0 Å². The number of amides is 4. The molecular weight excluding hydrogens is 403 g/mol. The van der Waals surface area contributed by atoms with Gasteiger partial charge in [0.05, 0.1) is 21.3 Å². The first kappa shape index (κ1) is 18.4. The molecule has 0 aliphatic carbocycles. The first-order valence-electron chi connectivity index (χ1n) is 7.09. The minimum atomic E-state index is -3.52. The van der Waals surface area contributed by atoms with E-state index in [9.17, 15) is 22.8 Å². The molecule has 1 saturated heterocycles. The molecule has 2 aromatic carbocycles. The maximum atomic E-state index is 12.6. The topological polar surface area (TPSA) is 91.8 Å². The number of nitrogens with zero attached hydrogens (tertiary/aromatic N) is 2. The van der Waals surface area contributed by atoms with Crippen LogP contribution < -0.4 is 9.80 Å². The summed E-state index contributed by atoms with van der Waals surface area (Å²) in [5.74, 6) is -2.15. The zero-order valence-corrected chi connectivity index (χ0v) is 15.5. The minimum Gasteiger partial charge on any atom is -0.262 e. The summed E-state index contributed by atoms with van der Waals surface area (Å²) in [6.07, 6.45) is 0.996. The number of imide groups is 2. The second kappa shape index (κ2) is 6.39. The Hall–Kier alpha value is -2.42. The van der Waals surface area contributed by atoms with E-state index in [0.29, 0.717) is 14.8 Å². The van der Waals surface area contributed by atoms with Gasteiger partial charge < -0.3 is 0 Å². The van der Waals surface area contributed by atoms with Gasteiger partial charge in [-0.1, -0.05) is 23.2 Å². The number of carbonyl (C=O) groups excluding carboxylic acids is 3. The van der Waals surface area contributed by atoms with E-state index in [4.69, 9.17) is 23.2 Å². The van der Waals surface area contributed by atoms with E-state index in [2.05, 4.69) is 0 Å². The number of urea groups is 1. The fourth-order valence-electron chi connectivity index (χ4n) is 2.39. The molecule has 1 fully saturated rings. The average Bonchev–Trinajstić information content (AvgIpc) is 2.78.